The lowest BCUT2D eigenvalue weighted by molar-refractivity contribution is 0.227. The van der Waals surface area contributed by atoms with Crippen LogP contribution in [0.15, 0.2) is 47.2 Å². The molecule has 1 aromatic carbocycles. The fourth-order valence-electron chi connectivity index (χ4n) is 4.96. The van der Waals surface area contributed by atoms with Gasteiger partial charge in [-0.25, -0.2) is 9.35 Å². The highest BCUT2D eigenvalue weighted by molar-refractivity contribution is 7.92. The fraction of sp³-hybridized carbons (Fsp3) is 0.357. The van der Waals surface area contributed by atoms with E-state index in [1.165, 1.54) is 12.4 Å². The third kappa shape index (κ3) is 6.41. The lowest BCUT2D eigenvalue weighted by Gasteiger charge is -2.49. The molecule has 4 heterocycles. The van der Waals surface area contributed by atoms with Crippen molar-refractivity contribution in [2.45, 2.75) is 25.5 Å². The number of rotatable bonds is 9. The molecule has 13 heteroatoms. The maximum Gasteiger partial charge on any atom is 0.146 e. The zero-order valence-corrected chi connectivity index (χ0v) is 25.4. The van der Waals surface area contributed by atoms with Crippen LogP contribution in [-0.2, 0) is 9.73 Å². The van der Waals surface area contributed by atoms with Crippen LogP contribution in [0.3, 0.4) is 0 Å². The Bertz CT molecular complexity index is 1740. The van der Waals surface area contributed by atoms with Gasteiger partial charge in [0.25, 0.3) is 0 Å². The third-order valence-corrected chi connectivity index (χ3v) is 8.26. The van der Waals surface area contributed by atoms with E-state index in [-0.39, 0.29) is 5.54 Å². The zero-order chi connectivity index (χ0) is 29.4. The lowest BCUT2D eigenvalue weighted by Crippen LogP contribution is -2.68. The van der Waals surface area contributed by atoms with Crippen molar-refractivity contribution in [3.63, 3.8) is 0 Å². The number of nitrogens with one attached hydrogen (secondary N) is 2. The van der Waals surface area contributed by atoms with Gasteiger partial charge in [0.1, 0.15) is 29.4 Å². The summed E-state index contributed by atoms with van der Waals surface area (Å²) < 4.78 is 22.1. The molecule has 10 nitrogen and oxygen atoms in total. The van der Waals surface area contributed by atoms with E-state index < -0.39 is 15.8 Å². The van der Waals surface area contributed by atoms with Gasteiger partial charge in [-0.3, -0.25) is 14.3 Å². The van der Waals surface area contributed by atoms with E-state index in [1.54, 1.807) is 18.7 Å². The van der Waals surface area contributed by atoms with Gasteiger partial charge in [0.05, 0.1) is 33.2 Å². The number of fused-ring (bicyclic) bond motifs is 1. The fourth-order valence-corrected chi connectivity index (χ4v) is 6.16. The smallest absolute Gasteiger partial charge is 0.146 e. The molecule has 0 spiro atoms. The van der Waals surface area contributed by atoms with Crippen molar-refractivity contribution in [2.24, 2.45) is 4.36 Å². The molecule has 1 saturated heterocycles. The van der Waals surface area contributed by atoms with Crippen LogP contribution in [0.5, 0.6) is 5.75 Å². The van der Waals surface area contributed by atoms with Crippen LogP contribution in [0.4, 0.5) is 5.82 Å². The number of anilines is 1. The van der Waals surface area contributed by atoms with E-state index >= 15 is 0 Å². The first kappa shape index (κ1) is 29.1. The van der Waals surface area contributed by atoms with Crippen LogP contribution >= 0.6 is 23.2 Å². The number of nitrogens with zero attached hydrogens (tertiary/aromatic N) is 6. The van der Waals surface area contributed by atoms with Crippen molar-refractivity contribution in [1.29, 1.82) is 5.26 Å². The van der Waals surface area contributed by atoms with E-state index in [9.17, 15) is 9.47 Å². The Labute approximate surface area is 249 Å². The molecule has 0 aliphatic carbocycles. The Hall–Kier alpha value is -3.43. The Balaban J connectivity index is 1.33. The summed E-state index contributed by atoms with van der Waals surface area (Å²) in [5.41, 5.74) is 3.19. The van der Waals surface area contributed by atoms with Crippen molar-refractivity contribution < 1.29 is 8.95 Å². The van der Waals surface area contributed by atoms with Crippen LogP contribution in [0, 0.1) is 11.3 Å². The second-order valence-electron chi connectivity index (χ2n) is 10.6. The van der Waals surface area contributed by atoms with Crippen molar-refractivity contribution >= 4 is 49.7 Å². The molecule has 0 bridgehead atoms. The minimum Gasteiger partial charge on any atom is -0.486 e. The Kier molecular flexibility index (Phi) is 8.12. The molecule has 0 amide bonds. The summed E-state index contributed by atoms with van der Waals surface area (Å²) in [7, 11) is -2.10. The number of aromatic amines is 1. The number of benzene rings is 1. The van der Waals surface area contributed by atoms with Gasteiger partial charge >= 0.3 is 0 Å². The predicted octanol–water partition coefficient (Wildman–Crippen LogP) is 5.23. The molecule has 2 N–H and O–H groups in total. The highest BCUT2D eigenvalue weighted by Gasteiger charge is 2.39. The second-order valence-corrected chi connectivity index (χ2v) is 14.1. The summed E-state index contributed by atoms with van der Waals surface area (Å²) in [4.78, 5) is 10.7. The summed E-state index contributed by atoms with van der Waals surface area (Å²) >= 11 is 12.6. The standard InChI is InChI=1S/C28H30Cl2N8O2S/c1-17(25-22(29)13-32-14-23(25)30)40-20-5-6-24-21(10-20)26(37-36-24)19-9-18(11-31)27(33-12-19)38-15-28(2,16-38)34-7-8-35-41(3,4)39/h5-6,9-10,12-14,17,34H,7-8,15-16H2,1-4H3,(H,36,37)/t17-/m1/s1. The molecule has 1 aliphatic heterocycles. The highest BCUT2D eigenvalue weighted by Crippen LogP contribution is 2.36. The van der Waals surface area contributed by atoms with Gasteiger partial charge in [0, 0.05) is 77.0 Å². The minimum atomic E-state index is -2.10. The first-order valence-corrected chi connectivity index (χ1v) is 16.0. The lowest BCUT2D eigenvalue weighted by atomic mass is 9.91. The average molecular weight is 614 g/mol. The number of aromatic nitrogens is 4. The second kappa shape index (κ2) is 11.4. The van der Waals surface area contributed by atoms with E-state index in [4.69, 9.17) is 27.9 Å². The molecule has 1 fully saturated rings. The van der Waals surface area contributed by atoms with Crippen molar-refractivity contribution in [3.05, 3.63) is 64.0 Å². The highest BCUT2D eigenvalue weighted by atomic mass is 35.5. The van der Waals surface area contributed by atoms with E-state index in [2.05, 4.69) is 47.7 Å². The number of hydrogen-bond donors (Lipinski definition) is 2. The summed E-state index contributed by atoms with van der Waals surface area (Å²) in [6.07, 6.45) is 7.66. The first-order chi connectivity index (χ1) is 19.5. The number of hydrogen-bond acceptors (Lipinski definition) is 9. The zero-order valence-electron chi connectivity index (χ0n) is 23.1. The molecule has 3 aromatic heterocycles. The molecule has 0 unspecified atom stereocenters. The summed E-state index contributed by atoms with van der Waals surface area (Å²) in [5, 5.41) is 22.7. The minimum absolute atomic E-state index is 0.137. The van der Waals surface area contributed by atoms with Gasteiger partial charge in [-0.05, 0) is 38.1 Å². The quantitative estimate of drug-likeness (QED) is 0.245. The van der Waals surface area contributed by atoms with E-state index in [1.807, 2.05) is 31.2 Å². The van der Waals surface area contributed by atoms with Gasteiger partial charge in [-0.1, -0.05) is 23.2 Å². The number of nitriles is 1. The number of pyridine rings is 2. The molecule has 0 saturated carbocycles. The summed E-state index contributed by atoms with van der Waals surface area (Å²) in [6, 6.07) is 9.73. The molecular formula is C28H30Cl2N8O2S. The molecule has 4 aromatic rings. The molecule has 0 radical (unpaired) electrons. The maximum absolute atomic E-state index is 11.8. The molecule has 41 heavy (non-hydrogen) atoms. The Morgan fingerprint density at radius 2 is 1.98 bits per heavy atom. The molecule has 1 atom stereocenters. The third-order valence-electron chi connectivity index (χ3n) is 6.85. The molecular weight excluding hydrogens is 583 g/mol. The van der Waals surface area contributed by atoms with Gasteiger partial charge in [0.2, 0.25) is 0 Å². The van der Waals surface area contributed by atoms with Crippen molar-refractivity contribution in [1.82, 2.24) is 25.5 Å². The van der Waals surface area contributed by atoms with Gasteiger partial charge < -0.3 is 15.0 Å². The average Bonchev–Trinajstić information content (AvgIpc) is 3.32. The SMILES string of the molecule is C[C@@H](Oc1ccc2[nH]nc(-c3cnc(N4CC(C)(NCCN=S(C)(C)=O)C4)c(C#N)c3)c2c1)c1c(Cl)cncc1Cl. The monoisotopic (exact) mass is 612 g/mol. The maximum atomic E-state index is 11.8. The summed E-state index contributed by atoms with van der Waals surface area (Å²) in [5.74, 6) is 1.25. The molecule has 5 rings (SSSR count). The molecule has 214 valence electrons. The predicted molar refractivity (Wildman–Crippen MR) is 163 cm³/mol. The largest absolute Gasteiger partial charge is 0.486 e. The number of H-pyrrole nitrogens is 1. The number of ether oxygens (including phenoxy) is 1. The Morgan fingerprint density at radius 1 is 1.24 bits per heavy atom. The normalized spacial score (nSPS) is 15.3. The van der Waals surface area contributed by atoms with Crippen molar-refractivity contribution in [3.8, 4) is 23.1 Å². The van der Waals surface area contributed by atoms with Gasteiger partial charge in [-0.2, -0.15) is 10.4 Å². The first-order valence-electron chi connectivity index (χ1n) is 12.9. The van der Waals surface area contributed by atoms with Crippen LogP contribution in [0.25, 0.3) is 22.2 Å². The van der Waals surface area contributed by atoms with E-state index in [0.717, 1.165) is 10.9 Å². The van der Waals surface area contributed by atoms with E-state index in [0.29, 0.717) is 70.2 Å². The van der Waals surface area contributed by atoms with Crippen LogP contribution < -0.4 is 15.0 Å². The van der Waals surface area contributed by atoms with Gasteiger partial charge in [0.15, 0.2) is 0 Å². The molecule has 1 aliphatic rings. The number of halogens is 2. The van der Waals surface area contributed by atoms with Gasteiger partial charge in [-0.15, -0.1) is 0 Å². The Morgan fingerprint density at radius 3 is 2.66 bits per heavy atom. The topological polar surface area (TPSA) is 132 Å². The van der Waals surface area contributed by atoms with Crippen LogP contribution in [0.2, 0.25) is 10.0 Å². The summed E-state index contributed by atoms with van der Waals surface area (Å²) in [6.45, 7) is 6.50. The van der Waals surface area contributed by atoms with Crippen LogP contribution in [0.1, 0.15) is 31.1 Å². The van der Waals surface area contributed by atoms with Crippen LogP contribution in [-0.4, -0.2) is 68.6 Å². The van der Waals surface area contributed by atoms with Crippen molar-refractivity contribution in [2.75, 3.05) is 43.6 Å².